The topological polar surface area (TPSA) is 115 Å². The summed E-state index contributed by atoms with van der Waals surface area (Å²) in [5.41, 5.74) is 4.49. The Balaban J connectivity index is 1.25. The Kier molecular flexibility index (Phi) is 9.04. The van der Waals surface area contributed by atoms with Crippen molar-refractivity contribution in [1.82, 2.24) is 19.9 Å². The van der Waals surface area contributed by atoms with Crippen molar-refractivity contribution in [3.05, 3.63) is 78.1 Å². The minimum absolute atomic E-state index is 0.0548. The van der Waals surface area contributed by atoms with Gasteiger partial charge in [-0.2, -0.15) is 0 Å². The van der Waals surface area contributed by atoms with Crippen molar-refractivity contribution in [2.24, 2.45) is 0 Å². The first-order chi connectivity index (χ1) is 20.4. The first-order valence-corrected chi connectivity index (χ1v) is 14.2. The van der Waals surface area contributed by atoms with Crippen molar-refractivity contribution in [3.63, 3.8) is 0 Å². The Hall–Kier alpha value is -4.41. The fourth-order valence-corrected chi connectivity index (χ4v) is 5.30. The molecule has 218 valence electrons. The van der Waals surface area contributed by atoms with Gasteiger partial charge in [0, 0.05) is 68.1 Å². The van der Waals surface area contributed by atoms with E-state index in [0.717, 1.165) is 35.0 Å². The third-order valence-corrected chi connectivity index (χ3v) is 7.71. The van der Waals surface area contributed by atoms with Crippen LogP contribution in [0.1, 0.15) is 23.2 Å². The molecule has 42 heavy (non-hydrogen) atoms. The molecule has 10 nitrogen and oxygen atoms in total. The molecule has 1 fully saturated rings. The van der Waals surface area contributed by atoms with Gasteiger partial charge in [0.25, 0.3) is 5.91 Å². The van der Waals surface area contributed by atoms with E-state index in [1.807, 2.05) is 53.4 Å². The Morgan fingerprint density at radius 3 is 2.79 bits per heavy atom. The molecular weight excluding hydrogens is 554 g/mol. The second-order valence-corrected chi connectivity index (χ2v) is 10.6. The summed E-state index contributed by atoms with van der Waals surface area (Å²) in [7, 11) is 3.53. The molecule has 2 amide bonds. The van der Waals surface area contributed by atoms with E-state index in [1.165, 1.54) is 6.08 Å². The van der Waals surface area contributed by atoms with E-state index >= 15 is 0 Å². The number of anilines is 3. The highest BCUT2D eigenvalue weighted by molar-refractivity contribution is 6.33. The zero-order valence-corrected chi connectivity index (χ0v) is 24.4. The van der Waals surface area contributed by atoms with Crippen LogP contribution in [-0.4, -0.2) is 78.1 Å². The number of aromatic nitrogens is 3. The van der Waals surface area contributed by atoms with Crippen LogP contribution in [0.5, 0.6) is 0 Å². The largest absolute Gasteiger partial charge is 0.383 e. The Bertz CT molecular complexity index is 1600. The van der Waals surface area contributed by atoms with Gasteiger partial charge in [-0.3, -0.25) is 9.59 Å². The maximum absolute atomic E-state index is 13.5. The molecule has 1 aliphatic rings. The van der Waals surface area contributed by atoms with Crippen LogP contribution >= 0.6 is 11.6 Å². The average molecular weight is 588 g/mol. The quantitative estimate of drug-likeness (QED) is 0.218. The number of nitrogens with one attached hydrogen (secondary N) is 3. The number of fused-ring (bicyclic) bond motifs is 1. The lowest BCUT2D eigenvalue weighted by molar-refractivity contribution is -0.111. The predicted octanol–water partition coefficient (Wildman–Crippen LogP) is 5.20. The van der Waals surface area contributed by atoms with Gasteiger partial charge >= 0.3 is 0 Å². The van der Waals surface area contributed by atoms with Gasteiger partial charge in [0.15, 0.2) is 0 Å². The highest BCUT2D eigenvalue weighted by atomic mass is 35.5. The molecule has 0 spiro atoms. The van der Waals surface area contributed by atoms with Crippen molar-refractivity contribution < 1.29 is 14.3 Å². The minimum Gasteiger partial charge on any atom is -0.383 e. The highest BCUT2D eigenvalue weighted by Crippen LogP contribution is 2.33. The van der Waals surface area contributed by atoms with Crippen LogP contribution in [-0.2, 0) is 9.53 Å². The van der Waals surface area contributed by atoms with Crippen LogP contribution in [0, 0.1) is 0 Å². The highest BCUT2D eigenvalue weighted by Gasteiger charge is 2.25. The number of nitrogens with zero attached hydrogens (tertiary/aromatic N) is 4. The number of aromatic amines is 1. The fraction of sp³-hybridized carbons (Fsp3) is 0.290. The number of likely N-dealkylation sites (N-methyl/N-ethyl adjacent to an activating group) is 1. The number of amides is 2. The van der Waals surface area contributed by atoms with E-state index in [1.54, 1.807) is 25.4 Å². The zero-order chi connectivity index (χ0) is 29.6. The van der Waals surface area contributed by atoms with Crippen LogP contribution in [0.4, 0.5) is 17.3 Å². The number of piperidine rings is 1. The van der Waals surface area contributed by atoms with Crippen molar-refractivity contribution >= 4 is 51.6 Å². The lowest BCUT2D eigenvalue weighted by Gasteiger charge is -2.33. The molecule has 0 bridgehead atoms. The summed E-state index contributed by atoms with van der Waals surface area (Å²) in [5, 5.41) is 7.78. The van der Waals surface area contributed by atoms with Crippen LogP contribution in [0.15, 0.2) is 67.5 Å². The second kappa shape index (κ2) is 13.1. The summed E-state index contributed by atoms with van der Waals surface area (Å²) in [4.78, 5) is 41.7. The van der Waals surface area contributed by atoms with Crippen molar-refractivity contribution in [2.75, 3.05) is 55.9 Å². The van der Waals surface area contributed by atoms with Crippen molar-refractivity contribution in [2.45, 2.75) is 18.9 Å². The number of carbonyl (C=O) groups is 2. The van der Waals surface area contributed by atoms with Gasteiger partial charge in [-0.05, 0) is 43.2 Å². The molecule has 0 radical (unpaired) electrons. The Labute approximate surface area is 249 Å². The molecule has 1 saturated heterocycles. The molecule has 5 rings (SSSR count). The molecule has 0 unspecified atom stereocenters. The Morgan fingerprint density at radius 2 is 2.02 bits per heavy atom. The van der Waals surface area contributed by atoms with Gasteiger partial charge in [0.1, 0.15) is 0 Å². The predicted molar refractivity (Wildman–Crippen MR) is 167 cm³/mol. The molecule has 0 atom stereocenters. The van der Waals surface area contributed by atoms with E-state index in [4.69, 9.17) is 21.3 Å². The summed E-state index contributed by atoms with van der Waals surface area (Å²) in [6.07, 6.45) is 6.24. The molecule has 0 aliphatic carbocycles. The molecule has 11 heteroatoms. The molecule has 3 N–H and O–H groups in total. The molecule has 2 aromatic carbocycles. The zero-order valence-electron chi connectivity index (χ0n) is 23.7. The number of benzene rings is 2. The number of rotatable bonds is 10. The van der Waals surface area contributed by atoms with Gasteiger partial charge in [-0.15, -0.1) is 0 Å². The average Bonchev–Trinajstić information content (AvgIpc) is 3.45. The number of para-hydroxylation sites is 1. The van der Waals surface area contributed by atoms with E-state index in [-0.39, 0.29) is 17.9 Å². The number of H-pyrrole nitrogens is 1. The second-order valence-electron chi connectivity index (χ2n) is 10.2. The van der Waals surface area contributed by atoms with Crippen LogP contribution < -0.4 is 15.5 Å². The maximum Gasteiger partial charge on any atom is 0.253 e. The van der Waals surface area contributed by atoms with E-state index in [9.17, 15) is 9.59 Å². The first kappa shape index (κ1) is 29.1. The third kappa shape index (κ3) is 6.40. The molecule has 4 aromatic rings. The maximum atomic E-state index is 13.5. The molecule has 2 aromatic heterocycles. The lowest BCUT2D eigenvalue weighted by Crippen LogP contribution is -2.42. The van der Waals surface area contributed by atoms with E-state index in [0.29, 0.717) is 54.2 Å². The number of halogens is 1. The number of likely N-dealkylation sites (tertiary alicyclic amines) is 1. The fourth-order valence-electron chi connectivity index (χ4n) is 5.10. The normalized spacial score (nSPS) is 13.6. The number of methoxy groups -OCH3 is 1. The number of hydrogen-bond donors (Lipinski definition) is 3. The van der Waals surface area contributed by atoms with E-state index in [2.05, 4.69) is 27.2 Å². The number of hydrogen-bond acceptors (Lipinski definition) is 7. The Morgan fingerprint density at radius 1 is 1.24 bits per heavy atom. The summed E-state index contributed by atoms with van der Waals surface area (Å²) >= 11 is 6.50. The van der Waals surface area contributed by atoms with Crippen LogP contribution in [0.25, 0.3) is 22.2 Å². The van der Waals surface area contributed by atoms with E-state index < -0.39 is 0 Å². The summed E-state index contributed by atoms with van der Waals surface area (Å²) in [6, 6.07) is 13.4. The van der Waals surface area contributed by atoms with Crippen LogP contribution in [0.2, 0.25) is 5.02 Å². The summed E-state index contributed by atoms with van der Waals surface area (Å²) in [6.45, 7) is 5.80. The number of carbonyl (C=O) groups excluding carboxylic acids is 2. The molecule has 0 saturated carbocycles. The smallest absolute Gasteiger partial charge is 0.253 e. The standard InChI is InChI=1S/C31H34ClN7O3/c1-4-28(40)36-26-10-9-20(17-27(26)38(2)15-16-42-3)30(41)39-13-11-21(12-14-39)35-31-34-19-24(32)29(37-31)23-18-33-25-8-6-5-7-22(23)25/h4-10,17-19,21,33H,1,11-16H2,2-3H3,(H,36,40)(H,34,35,37). The van der Waals surface area contributed by atoms with Gasteiger partial charge in [-0.25, -0.2) is 9.97 Å². The van der Waals surface area contributed by atoms with Gasteiger partial charge in [0.05, 0.1) is 34.9 Å². The summed E-state index contributed by atoms with van der Waals surface area (Å²) < 4.78 is 5.21. The monoisotopic (exact) mass is 587 g/mol. The number of ether oxygens (including phenoxy) is 1. The SMILES string of the molecule is C=CC(=O)Nc1ccc(C(=O)N2CCC(Nc3ncc(Cl)c(-c4c[nH]c5ccccc45)n3)CC2)cc1N(C)CCOC. The van der Waals surface area contributed by atoms with Crippen molar-refractivity contribution in [3.8, 4) is 11.3 Å². The molecule has 3 heterocycles. The van der Waals surface area contributed by atoms with Gasteiger partial charge < -0.3 is 30.2 Å². The van der Waals surface area contributed by atoms with Gasteiger partial charge in [0.2, 0.25) is 11.9 Å². The lowest BCUT2D eigenvalue weighted by atomic mass is 10.0. The van der Waals surface area contributed by atoms with Crippen molar-refractivity contribution in [1.29, 1.82) is 0 Å². The summed E-state index contributed by atoms with van der Waals surface area (Å²) in [5.74, 6) is 0.134. The molecular formula is C31H34ClN7O3. The third-order valence-electron chi connectivity index (χ3n) is 7.43. The first-order valence-electron chi connectivity index (χ1n) is 13.8. The molecule has 1 aliphatic heterocycles. The minimum atomic E-state index is -0.316. The van der Waals surface area contributed by atoms with Crippen LogP contribution in [0.3, 0.4) is 0 Å². The van der Waals surface area contributed by atoms with Gasteiger partial charge in [-0.1, -0.05) is 36.4 Å².